The Hall–Kier alpha value is -1.93. The van der Waals surface area contributed by atoms with Crippen LogP contribution in [0.1, 0.15) is 21.5 Å². The fourth-order valence-corrected chi connectivity index (χ4v) is 2.67. The SMILES string of the molecule is O=C1c2ccccc2CC1CNCc1ccccc1. The number of carbonyl (C=O) groups excluding carboxylic acids is 1. The molecule has 96 valence electrons. The highest BCUT2D eigenvalue weighted by Gasteiger charge is 2.29. The van der Waals surface area contributed by atoms with Crippen LogP contribution in [0.4, 0.5) is 0 Å². The van der Waals surface area contributed by atoms with Gasteiger partial charge in [-0.3, -0.25) is 4.79 Å². The zero-order chi connectivity index (χ0) is 13.1. The van der Waals surface area contributed by atoms with E-state index in [4.69, 9.17) is 0 Å². The summed E-state index contributed by atoms with van der Waals surface area (Å²) in [4.78, 5) is 12.2. The molecule has 2 heteroatoms. The third-order valence-electron chi connectivity index (χ3n) is 3.68. The Morgan fingerprint density at radius 1 is 1.00 bits per heavy atom. The molecule has 0 saturated heterocycles. The Bertz CT molecular complexity index is 577. The van der Waals surface area contributed by atoms with Crippen molar-refractivity contribution in [2.75, 3.05) is 6.54 Å². The Morgan fingerprint density at radius 3 is 2.53 bits per heavy atom. The Kier molecular flexibility index (Phi) is 3.43. The van der Waals surface area contributed by atoms with Crippen LogP contribution in [0, 0.1) is 5.92 Å². The maximum Gasteiger partial charge on any atom is 0.167 e. The van der Waals surface area contributed by atoms with Gasteiger partial charge in [0.2, 0.25) is 0 Å². The van der Waals surface area contributed by atoms with E-state index >= 15 is 0 Å². The molecule has 3 rings (SSSR count). The van der Waals surface area contributed by atoms with Crippen molar-refractivity contribution in [1.82, 2.24) is 5.32 Å². The molecule has 0 amide bonds. The van der Waals surface area contributed by atoms with Gasteiger partial charge in [0.05, 0.1) is 0 Å². The first-order chi connectivity index (χ1) is 9.34. The van der Waals surface area contributed by atoms with Crippen LogP contribution in [0.2, 0.25) is 0 Å². The van der Waals surface area contributed by atoms with Gasteiger partial charge < -0.3 is 5.32 Å². The first-order valence-corrected chi connectivity index (χ1v) is 6.71. The second-order valence-corrected chi connectivity index (χ2v) is 5.04. The van der Waals surface area contributed by atoms with E-state index in [1.165, 1.54) is 11.1 Å². The van der Waals surface area contributed by atoms with Crippen LogP contribution < -0.4 is 5.32 Å². The molecule has 1 aliphatic carbocycles. The van der Waals surface area contributed by atoms with Crippen molar-refractivity contribution >= 4 is 5.78 Å². The van der Waals surface area contributed by atoms with Gasteiger partial charge in [-0.05, 0) is 17.5 Å². The maximum atomic E-state index is 12.2. The summed E-state index contributed by atoms with van der Waals surface area (Å²) in [7, 11) is 0. The molecular formula is C17H17NO. The summed E-state index contributed by atoms with van der Waals surface area (Å²) in [5.41, 5.74) is 3.36. The predicted octanol–water partition coefficient (Wildman–Crippen LogP) is 2.83. The zero-order valence-electron chi connectivity index (χ0n) is 10.8. The van der Waals surface area contributed by atoms with Crippen molar-refractivity contribution in [3.05, 3.63) is 71.3 Å². The quantitative estimate of drug-likeness (QED) is 0.905. The number of fused-ring (bicyclic) bond motifs is 1. The number of hydrogen-bond donors (Lipinski definition) is 1. The van der Waals surface area contributed by atoms with Gasteiger partial charge in [-0.2, -0.15) is 0 Å². The fourth-order valence-electron chi connectivity index (χ4n) is 2.67. The molecule has 0 fully saturated rings. The van der Waals surface area contributed by atoms with E-state index in [1.54, 1.807) is 0 Å². The Balaban J connectivity index is 1.57. The second kappa shape index (κ2) is 5.37. The van der Waals surface area contributed by atoms with E-state index in [1.807, 2.05) is 36.4 Å². The number of nitrogens with one attached hydrogen (secondary N) is 1. The largest absolute Gasteiger partial charge is 0.312 e. The number of hydrogen-bond acceptors (Lipinski definition) is 2. The topological polar surface area (TPSA) is 29.1 Å². The molecule has 0 aliphatic heterocycles. The van der Waals surface area contributed by atoms with Crippen LogP contribution >= 0.6 is 0 Å². The normalized spacial score (nSPS) is 17.5. The summed E-state index contributed by atoms with van der Waals surface area (Å²) in [6.45, 7) is 1.57. The van der Waals surface area contributed by atoms with Crippen LogP contribution in [-0.4, -0.2) is 12.3 Å². The Labute approximate surface area is 113 Å². The molecule has 0 aromatic heterocycles. The monoisotopic (exact) mass is 251 g/mol. The lowest BCUT2D eigenvalue weighted by atomic mass is 10.1. The highest BCUT2D eigenvalue weighted by atomic mass is 16.1. The van der Waals surface area contributed by atoms with E-state index in [0.717, 1.165) is 25.1 Å². The van der Waals surface area contributed by atoms with Crippen molar-refractivity contribution in [3.8, 4) is 0 Å². The van der Waals surface area contributed by atoms with E-state index < -0.39 is 0 Å². The van der Waals surface area contributed by atoms with Crippen molar-refractivity contribution in [1.29, 1.82) is 0 Å². The number of Topliss-reactive ketones (excluding diaryl/α,β-unsaturated/α-hetero) is 1. The molecule has 2 nitrogen and oxygen atoms in total. The van der Waals surface area contributed by atoms with Crippen LogP contribution in [-0.2, 0) is 13.0 Å². The van der Waals surface area contributed by atoms with Gasteiger partial charge in [0, 0.05) is 24.6 Å². The molecule has 19 heavy (non-hydrogen) atoms. The maximum absolute atomic E-state index is 12.2. The van der Waals surface area contributed by atoms with Gasteiger partial charge in [-0.15, -0.1) is 0 Å². The molecule has 0 heterocycles. The summed E-state index contributed by atoms with van der Waals surface area (Å²) in [6, 6.07) is 18.2. The van der Waals surface area contributed by atoms with Gasteiger partial charge in [-0.1, -0.05) is 54.6 Å². The molecule has 1 aliphatic rings. The van der Waals surface area contributed by atoms with Gasteiger partial charge in [0.25, 0.3) is 0 Å². The minimum atomic E-state index is 0.0983. The average Bonchev–Trinajstić information content (AvgIpc) is 2.78. The van der Waals surface area contributed by atoms with Crippen LogP contribution in [0.5, 0.6) is 0 Å². The number of rotatable bonds is 4. The van der Waals surface area contributed by atoms with Crippen molar-refractivity contribution in [3.63, 3.8) is 0 Å². The standard InChI is InChI=1S/C17H17NO/c19-17-15(10-14-8-4-5-9-16(14)17)12-18-11-13-6-2-1-3-7-13/h1-9,15,18H,10-12H2. The van der Waals surface area contributed by atoms with E-state index in [-0.39, 0.29) is 11.7 Å². The summed E-state index contributed by atoms with van der Waals surface area (Å²) in [5, 5.41) is 3.39. The summed E-state index contributed by atoms with van der Waals surface area (Å²) in [6.07, 6.45) is 0.872. The summed E-state index contributed by atoms with van der Waals surface area (Å²) in [5.74, 6) is 0.386. The first-order valence-electron chi connectivity index (χ1n) is 6.71. The smallest absolute Gasteiger partial charge is 0.167 e. The molecular weight excluding hydrogens is 234 g/mol. The van der Waals surface area contributed by atoms with Gasteiger partial charge in [-0.25, -0.2) is 0 Å². The van der Waals surface area contributed by atoms with Crippen LogP contribution in [0.25, 0.3) is 0 Å². The van der Waals surface area contributed by atoms with E-state index in [2.05, 4.69) is 23.5 Å². The number of ketones is 1. The molecule has 2 aromatic rings. The Morgan fingerprint density at radius 2 is 1.74 bits per heavy atom. The molecule has 1 N–H and O–H groups in total. The molecule has 1 atom stereocenters. The second-order valence-electron chi connectivity index (χ2n) is 5.04. The highest BCUT2D eigenvalue weighted by molar-refractivity contribution is 6.02. The van der Waals surface area contributed by atoms with Crippen LogP contribution in [0.3, 0.4) is 0 Å². The van der Waals surface area contributed by atoms with Gasteiger partial charge in [0.1, 0.15) is 0 Å². The third kappa shape index (κ3) is 2.59. The zero-order valence-corrected chi connectivity index (χ0v) is 10.8. The minimum absolute atomic E-state index is 0.0983. The van der Waals surface area contributed by atoms with Gasteiger partial charge >= 0.3 is 0 Å². The van der Waals surface area contributed by atoms with Crippen molar-refractivity contribution in [2.45, 2.75) is 13.0 Å². The molecule has 2 aromatic carbocycles. The molecule has 0 saturated carbocycles. The average molecular weight is 251 g/mol. The van der Waals surface area contributed by atoms with Crippen molar-refractivity contribution < 1.29 is 4.79 Å². The fraction of sp³-hybridized carbons (Fsp3) is 0.235. The van der Waals surface area contributed by atoms with E-state index in [9.17, 15) is 4.79 Å². The summed E-state index contributed by atoms with van der Waals surface area (Å²) < 4.78 is 0. The predicted molar refractivity (Wildman–Crippen MR) is 76.1 cm³/mol. The number of benzene rings is 2. The highest BCUT2D eigenvalue weighted by Crippen LogP contribution is 2.25. The molecule has 0 radical (unpaired) electrons. The lowest BCUT2D eigenvalue weighted by Gasteiger charge is -2.09. The summed E-state index contributed by atoms with van der Waals surface area (Å²) >= 11 is 0. The number of carbonyl (C=O) groups is 1. The lowest BCUT2D eigenvalue weighted by molar-refractivity contribution is 0.0935. The van der Waals surface area contributed by atoms with E-state index in [0.29, 0.717) is 0 Å². The van der Waals surface area contributed by atoms with Crippen molar-refractivity contribution in [2.24, 2.45) is 5.92 Å². The molecule has 1 unspecified atom stereocenters. The molecule has 0 spiro atoms. The first kappa shape index (κ1) is 12.1. The minimum Gasteiger partial charge on any atom is -0.312 e. The van der Waals surface area contributed by atoms with Crippen LogP contribution in [0.15, 0.2) is 54.6 Å². The molecule has 0 bridgehead atoms. The van der Waals surface area contributed by atoms with Gasteiger partial charge in [0.15, 0.2) is 5.78 Å². The third-order valence-corrected chi connectivity index (χ3v) is 3.68. The lowest BCUT2D eigenvalue weighted by Crippen LogP contribution is -2.26.